The summed E-state index contributed by atoms with van der Waals surface area (Å²) in [7, 11) is 3.16. The first kappa shape index (κ1) is 14.5. The van der Waals surface area contributed by atoms with Crippen LogP contribution in [0.1, 0.15) is 5.56 Å². The van der Waals surface area contributed by atoms with E-state index in [9.17, 15) is 0 Å². The number of nitrogens with two attached hydrogens (primary N) is 1. The number of methoxy groups -OCH3 is 2. The van der Waals surface area contributed by atoms with Crippen LogP contribution in [0.25, 0.3) is 0 Å². The van der Waals surface area contributed by atoms with E-state index < -0.39 is 0 Å². The Hall–Kier alpha value is -1.95. The van der Waals surface area contributed by atoms with Crippen LogP contribution >= 0.6 is 15.9 Å². The van der Waals surface area contributed by atoms with Crippen LogP contribution in [0.15, 0.2) is 34.8 Å². The molecule has 5 nitrogen and oxygen atoms in total. The highest BCUT2D eigenvalue weighted by atomic mass is 79.9. The molecule has 0 unspecified atom stereocenters. The molecule has 106 valence electrons. The van der Waals surface area contributed by atoms with Gasteiger partial charge in [0.1, 0.15) is 16.8 Å². The quantitative estimate of drug-likeness (QED) is 0.907. The zero-order valence-corrected chi connectivity index (χ0v) is 12.8. The fourth-order valence-electron chi connectivity index (χ4n) is 1.57. The third-order valence-corrected chi connectivity index (χ3v) is 3.47. The predicted octanol–water partition coefficient (Wildman–Crippen LogP) is 3.02. The Bertz CT molecular complexity index is 588. The molecule has 0 fully saturated rings. The van der Waals surface area contributed by atoms with Crippen molar-refractivity contribution in [3.8, 4) is 17.5 Å². The molecular formula is C14H15BrN2O3. The molecule has 0 aliphatic heterocycles. The SMILES string of the molecule is COc1ccc(COc2nc(OC)cc(N)c2Br)cc1. The van der Waals surface area contributed by atoms with Gasteiger partial charge in [-0.15, -0.1) is 0 Å². The number of pyridine rings is 1. The zero-order chi connectivity index (χ0) is 14.5. The van der Waals surface area contributed by atoms with Gasteiger partial charge in [-0.2, -0.15) is 4.98 Å². The molecule has 20 heavy (non-hydrogen) atoms. The largest absolute Gasteiger partial charge is 0.497 e. The number of ether oxygens (including phenoxy) is 3. The van der Waals surface area contributed by atoms with Crippen LogP contribution in [0.4, 0.5) is 5.69 Å². The Labute approximate surface area is 125 Å². The molecule has 6 heteroatoms. The van der Waals surface area contributed by atoms with E-state index in [1.54, 1.807) is 13.2 Å². The van der Waals surface area contributed by atoms with Crippen molar-refractivity contribution >= 4 is 21.6 Å². The molecule has 0 amide bonds. The average molecular weight is 339 g/mol. The Kier molecular flexibility index (Phi) is 4.68. The number of benzene rings is 1. The summed E-state index contributed by atoms with van der Waals surface area (Å²) in [5.74, 6) is 1.62. The molecule has 2 N–H and O–H groups in total. The van der Waals surface area contributed by atoms with Crippen molar-refractivity contribution in [2.24, 2.45) is 0 Å². The predicted molar refractivity (Wildman–Crippen MR) is 80.2 cm³/mol. The third kappa shape index (κ3) is 3.33. The smallest absolute Gasteiger partial charge is 0.233 e. The van der Waals surface area contributed by atoms with Gasteiger partial charge < -0.3 is 19.9 Å². The van der Waals surface area contributed by atoms with E-state index >= 15 is 0 Å². The molecule has 0 spiro atoms. The zero-order valence-electron chi connectivity index (χ0n) is 11.2. The van der Waals surface area contributed by atoms with Crippen molar-refractivity contribution in [1.82, 2.24) is 4.98 Å². The lowest BCUT2D eigenvalue weighted by atomic mass is 10.2. The Morgan fingerprint density at radius 2 is 1.85 bits per heavy atom. The number of rotatable bonds is 5. The second-order valence-corrected chi connectivity index (χ2v) is 4.80. The van der Waals surface area contributed by atoms with E-state index in [0.29, 0.717) is 28.5 Å². The van der Waals surface area contributed by atoms with E-state index in [0.717, 1.165) is 11.3 Å². The standard InChI is InChI=1S/C14H15BrN2O3/c1-18-10-5-3-9(4-6-10)8-20-14-13(15)11(16)7-12(17-14)19-2/h3-7H,8H2,1-2H3,(H2,16,17). The molecule has 0 aliphatic rings. The molecule has 0 radical (unpaired) electrons. The van der Waals surface area contributed by atoms with Crippen molar-refractivity contribution in [3.63, 3.8) is 0 Å². The van der Waals surface area contributed by atoms with Crippen LogP contribution in [0.2, 0.25) is 0 Å². The number of halogens is 1. The van der Waals surface area contributed by atoms with E-state index in [2.05, 4.69) is 20.9 Å². The molecule has 0 aliphatic carbocycles. The van der Waals surface area contributed by atoms with E-state index in [1.807, 2.05) is 24.3 Å². The molecule has 2 rings (SSSR count). The minimum Gasteiger partial charge on any atom is -0.497 e. The fraction of sp³-hybridized carbons (Fsp3) is 0.214. The number of hydrogen-bond acceptors (Lipinski definition) is 5. The number of hydrogen-bond donors (Lipinski definition) is 1. The van der Waals surface area contributed by atoms with E-state index in [1.165, 1.54) is 7.11 Å². The third-order valence-electron chi connectivity index (χ3n) is 2.68. The lowest BCUT2D eigenvalue weighted by Gasteiger charge is -2.11. The molecule has 2 aromatic rings. The summed E-state index contributed by atoms with van der Waals surface area (Å²) in [6.07, 6.45) is 0. The highest BCUT2D eigenvalue weighted by molar-refractivity contribution is 9.10. The summed E-state index contributed by atoms with van der Waals surface area (Å²) < 4.78 is 16.4. The maximum atomic E-state index is 5.84. The Morgan fingerprint density at radius 1 is 1.15 bits per heavy atom. The molecule has 0 atom stereocenters. The van der Waals surface area contributed by atoms with Gasteiger partial charge in [-0.3, -0.25) is 0 Å². The van der Waals surface area contributed by atoms with Crippen LogP contribution in [-0.2, 0) is 6.61 Å². The summed E-state index contributed by atoms with van der Waals surface area (Å²) in [6, 6.07) is 9.24. The second-order valence-electron chi connectivity index (χ2n) is 4.01. The van der Waals surface area contributed by atoms with Crippen molar-refractivity contribution in [1.29, 1.82) is 0 Å². The van der Waals surface area contributed by atoms with Crippen LogP contribution in [0.3, 0.4) is 0 Å². The van der Waals surface area contributed by atoms with Crippen molar-refractivity contribution in [3.05, 3.63) is 40.4 Å². The van der Waals surface area contributed by atoms with Crippen LogP contribution in [0.5, 0.6) is 17.5 Å². The van der Waals surface area contributed by atoms with Crippen molar-refractivity contribution < 1.29 is 14.2 Å². The van der Waals surface area contributed by atoms with Crippen LogP contribution in [0, 0.1) is 0 Å². The highest BCUT2D eigenvalue weighted by Gasteiger charge is 2.10. The van der Waals surface area contributed by atoms with Gasteiger partial charge in [-0.25, -0.2) is 0 Å². The topological polar surface area (TPSA) is 66.6 Å². The highest BCUT2D eigenvalue weighted by Crippen LogP contribution is 2.32. The maximum Gasteiger partial charge on any atom is 0.233 e. The molecule has 0 saturated heterocycles. The van der Waals surface area contributed by atoms with Gasteiger partial charge in [-0.05, 0) is 33.6 Å². The summed E-state index contributed by atoms with van der Waals surface area (Å²) in [5.41, 5.74) is 7.36. The van der Waals surface area contributed by atoms with Gasteiger partial charge in [0.2, 0.25) is 11.8 Å². The number of aromatic nitrogens is 1. The van der Waals surface area contributed by atoms with Gasteiger partial charge in [0.25, 0.3) is 0 Å². The van der Waals surface area contributed by atoms with Gasteiger partial charge in [0.05, 0.1) is 19.9 Å². The minimum atomic E-state index is 0.377. The average Bonchev–Trinajstić information content (AvgIpc) is 2.49. The van der Waals surface area contributed by atoms with E-state index in [-0.39, 0.29) is 0 Å². The first-order valence-electron chi connectivity index (χ1n) is 5.89. The first-order valence-corrected chi connectivity index (χ1v) is 6.69. The molecule has 1 aromatic heterocycles. The fourth-order valence-corrected chi connectivity index (χ4v) is 1.89. The van der Waals surface area contributed by atoms with Gasteiger partial charge >= 0.3 is 0 Å². The summed E-state index contributed by atoms with van der Waals surface area (Å²) in [6.45, 7) is 0.377. The summed E-state index contributed by atoms with van der Waals surface area (Å²) >= 11 is 3.35. The van der Waals surface area contributed by atoms with Crippen molar-refractivity contribution in [2.45, 2.75) is 6.61 Å². The molecule has 0 saturated carbocycles. The minimum absolute atomic E-state index is 0.377. The molecular weight excluding hydrogens is 324 g/mol. The second kappa shape index (κ2) is 6.47. The van der Waals surface area contributed by atoms with Gasteiger partial charge in [0, 0.05) is 6.07 Å². The Morgan fingerprint density at radius 3 is 2.45 bits per heavy atom. The number of nitrogens with zero attached hydrogens (tertiary/aromatic N) is 1. The van der Waals surface area contributed by atoms with Crippen LogP contribution < -0.4 is 19.9 Å². The molecule has 1 heterocycles. The summed E-state index contributed by atoms with van der Waals surface area (Å²) in [5, 5.41) is 0. The summed E-state index contributed by atoms with van der Waals surface area (Å²) in [4.78, 5) is 4.20. The molecule has 1 aromatic carbocycles. The van der Waals surface area contributed by atoms with Gasteiger partial charge in [0.15, 0.2) is 0 Å². The maximum absolute atomic E-state index is 5.84. The Balaban J connectivity index is 2.11. The van der Waals surface area contributed by atoms with Crippen LogP contribution in [-0.4, -0.2) is 19.2 Å². The van der Waals surface area contributed by atoms with E-state index in [4.69, 9.17) is 19.9 Å². The lowest BCUT2D eigenvalue weighted by Crippen LogP contribution is -2.01. The van der Waals surface area contributed by atoms with Gasteiger partial charge in [-0.1, -0.05) is 12.1 Å². The first-order chi connectivity index (χ1) is 9.63. The normalized spacial score (nSPS) is 10.2. The number of anilines is 1. The molecule has 0 bridgehead atoms. The lowest BCUT2D eigenvalue weighted by molar-refractivity contribution is 0.285. The van der Waals surface area contributed by atoms with Crippen molar-refractivity contribution in [2.75, 3.05) is 20.0 Å². The number of nitrogen functional groups attached to an aromatic ring is 1. The monoisotopic (exact) mass is 338 g/mol.